The molecule has 0 bridgehead atoms. The Balaban J connectivity index is 1.94. The Bertz CT molecular complexity index is 879. The quantitative estimate of drug-likeness (QED) is 0.467. The molecule has 0 aliphatic heterocycles. The van der Waals surface area contributed by atoms with Crippen LogP contribution in [-0.4, -0.2) is 32.1 Å². The molecule has 2 rings (SSSR count). The number of Topliss-reactive ketones (excluding diaryl/α,β-unsaturated/α-hetero) is 1. The zero-order chi connectivity index (χ0) is 20.8. The van der Waals surface area contributed by atoms with Crippen molar-refractivity contribution >= 4 is 23.4 Å². The number of aryl methyl sites for hydroxylation is 1. The largest absolute Gasteiger partial charge is 0.494 e. The van der Waals surface area contributed by atoms with Crippen molar-refractivity contribution in [1.29, 1.82) is 0 Å². The average molecular weight is 409 g/mol. The molecule has 0 N–H and O–H groups in total. The van der Waals surface area contributed by atoms with Gasteiger partial charge in [-0.05, 0) is 54.3 Å². The minimum Gasteiger partial charge on any atom is -0.494 e. The van der Waals surface area contributed by atoms with E-state index in [9.17, 15) is 14.0 Å². The molecule has 0 aliphatic rings. The number of methoxy groups -OCH3 is 1. The number of hydrogen-bond acceptors (Lipinski definition) is 5. The summed E-state index contributed by atoms with van der Waals surface area (Å²) in [5, 5.41) is 0.621. The van der Waals surface area contributed by atoms with E-state index in [1.807, 2.05) is 26.8 Å². The topological polar surface area (TPSA) is 61.8 Å². The molecule has 150 valence electrons. The van der Waals surface area contributed by atoms with Crippen LogP contribution in [0.5, 0.6) is 11.5 Å². The first-order valence-electron chi connectivity index (χ1n) is 8.68. The maximum Gasteiger partial charge on any atom is 0.344 e. The van der Waals surface area contributed by atoms with Crippen molar-refractivity contribution in [2.45, 2.75) is 26.7 Å². The number of ether oxygens (including phenoxy) is 3. The fourth-order valence-electron chi connectivity index (χ4n) is 2.49. The van der Waals surface area contributed by atoms with Crippen LogP contribution < -0.4 is 9.47 Å². The Morgan fingerprint density at radius 3 is 2.43 bits per heavy atom. The van der Waals surface area contributed by atoms with Gasteiger partial charge < -0.3 is 14.2 Å². The molecular weight excluding hydrogens is 387 g/mol. The molecule has 0 atom stereocenters. The number of carbonyl (C=O) groups excluding carboxylic acids is 2. The van der Waals surface area contributed by atoms with E-state index in [1.54, 1.807) is 6.07 Å². The minimum atomic E-state index is -0.704. The highest BCUT2D eigenvalue weighted by molar-refractivity contribution is 6.31. The second-order valence-corrected chi connectivity index (χ2v) is 6.92. The molecule has 2 aromatic carbocycles. The Morgan fingerprint density at radius 2 is 1.82 bits per heavy atom. The zero-order valence-corrected chi connectivity index (χ0v) is 16.9. The Kier molecular flexibility index (Phi) is 7.40. The predicted molar refractivity (Wildman–Crippen MR) is 104 cm³/mol. The lowest BCUT2D eigenvalue weighted by atomic mass is 10.0. The lowest BCUT2D eigenvalue weighted by Crippen LogP contribution is -2.20. The van der Waals surface area contributed by atoms with Crippen molar-refractivity contribution in [2.75, 3.05) is 20.3 Å². The van der Waals surface area contributed by atoms with Gasteiger partial charge in [0.05, 0.1) is 7.11 Å². The second kappa shape index (κ2) is 9.55. The van der Waals surface area contributed by atoms with Gasteiger partial charge in [-0.3, -0.25) is 4.79 Å². The van der Waals surface area contributed by atoms with Crippen molar-refractivity contribution in [2.24, 2.45) is 0 Å². The smallest absolute Gasteiger partial charge is 0.344 e. The van der Waals surface area contributed by atoms with Gasteiger partial charge in [-0.2, -0.15) is 0 Å². The van der Waals surface area contributed by atoms with Crippen molar-refractivity contribution in [3.63, 3.8) is 0 Å². The summed E-state index contributed by atoms with van der Waals surface area (Å²) in [4.78, 5) is 24.0. The molecule has 0 spiro atoms. The van der Waals surface area contributed by atoms with Crippen LogP contribution in [0.2, 0.25) is 5.02 Å². The molecule has 5 nitrogen and oxygen atoms in total. The molecule has 2 aromatic rings. The summed E-state index contributed by atoms with van der Waals surface area (Å²) in [6.45, 7) is 4.94. The first-order valence-corrected chi connectivity index (χ1v) is 9.06. The Labute approximate surface area is 168 Å². The normalized spacial score (nSPS) is 10.7. The standard InChI is InChI=1S/C21H22ClFO5/c1-12(2)15-9-16(22)13(3)7-20(15)27-11-21(25)28-10-18(24)14-5-6-19(26-4)17(23)8-14/h5-9,12H,10-11H2,1-4H3. The fraction of sp³-hybridized carbons (Fsp3) is 0.333. The van der Waals surface area contributed by atoms with Gasteiger partial charge in [-0.25, -0.2) is 9.18 Å². The van der Waals surface area contributed by atoms with Gasteiger partial charge in [-0.15, -0.1) is 0 Å². The molecule has 0 aliphatic carbocycles. The molecule has 0 unspecified atom stereocenters. The summed E-state index contributed by atoms with van der Waals surface area (Å²) in [7, 11) is 1.33. The van der Waals surface area contributed by atoms with Crippen molar-refractivity contribution in [3.8, 4) is 11.5 Å². The highest BCUT2D eigenvalue weighted by Gasteiger charge is 2.15. The van der Waals surface area contributed by atoms with Crippen molar-refractivity contribution in [1.82, 2.24) is 0 Å². The number of carbonyl (C=O) groups is 2. The van der Waals surface area contributed by atoms with E-state index in [0.717, 1.165) is 17.2 Å². The van der Waals surface area contributed by atoms with E-state index < -0.39 is 24.2 Å². The van der Waals surface area contributed by atoms with E-state index in [-0.39, 0.29) is 23.8 Å². The second-order valence-electron chi connectivity index (χ2n) is 6.52. The molecule has 0 fully saturated rings. The Morgan fingerprint density at radius 1 is 1.11 bits per heavy atom. The highest BCUT2D eigenvalue weighted by Crippen LogP contribution is 2.32. The van der Waals surface area contributed by atoms with Gasteiger partial charge in [0.2, 0.25) is 0 Å². The van der Waals surface area contributed by atoms with Crippen LogP contribution in [0.15, 0.2) is 30.3 Å². The SMILES string of the molecule is COc1ccc(C(=O)COC(=O)COc2cc(C)c(Cl)cc2C(C)C)cc1F. The third kappa shape index (κ3) is 5.45. The predicted octanol–water partition coefficient (Wildman–Crippen LogP) is 4.72. The van der Waals surface area contributed by atoms with Gasteiger partial charge in [-0.1, -0.05) is 25.4 Å². The monoisotopic (exact) mass is 408 g/mol. The summed E-state index contributed by atoms with van der Waals surface area (Å²) < 4.78 is 29.0. The van der Waals surface area contributed by atoms with Crippen LogP contribution in [-0.2, 0) is 9.53 Å². The van der Waals surface area contributed by atoms with Gasteiger partial charge >= 0.3 is 5.97 Å². The molecule has 0 aromatic heterocycles. The number of rotatable bonds is 8. The van der Waals surface area contributed by atoms with Crippen LogP contribution in [0.1, 0.15) is 41.3 Å². The molecule has 28 heavy (non-hydrogen) atoms. The van der Waals surface area contributed by atoms with E-state index in [2.05, 4.69) is 0 Å². The van der Waals surface area contributed by atoms with Crippen LogP contribution in [0.3, 0.4) is 0 Å². The third-order valence-electron chi connectivity index (χ3n) is 4.10. The number of ketones is 1. The summed E-state index contributed by atoms with van der Waals surface area (Å²) in [6, 6.07) is 7.35. The van der Waals surface area contributed by atoms with Crippen LogP contribution in [0.25, 0.3) is 0 Å². The lowest BCUT2D eigenvalue weighted by Gasteiger charge is -2.15. The summed E-state index contributed by atoms with van der Waals surface area (Å²) in [5.41, 5.74) is 1.78. The van der Waals surface area contributed by atoms with Gasteiger partial charge in [0, 0.05) is 10.6 Å². The van der Waals surface area contributed by atoms with Crippen LogP contribution in [0.4, 0.5) is 4.39 Å². The molecule has 0 amide bonds. The van der Waals surface area contributed by atoms with E-state index in [0.29, 0.717) is 10.8 Å². The molecule has 0 saturated heterocycles. The first kappa shape index (κ1) is 21.7. The van der Waals surface area contributed by atoms with Crippen LogP contribution in [0, 0.1) is 12.7 Å². The number of benzene rings is 2. The van der Waals surface area contributed by atoms with Crippen molar-refractivity contribution in [3.05, 3.63) is 57.9 Å². The van der Waals surface area contributed by atoms with Gasteiger partial charge in [0.25, 0.3) is 0 Å². The van der Waals surface area contributed by atoms with Crippen LogP contribution >= 0.6 is 11.6 Å². The Hall–Kier alpha value is -2.60. The molecular formula is C21H22ClFO5. The summed E-state index contributed by atoms with van der Waals surface area (Å²) in [6.07, 6.45) is 0. The minimum absolute atomic E-state index is 0.0289. The van der Waals surface area contributed by atoms with Gasteiger partial charge in [0.1, 0.15) is 5.75 Å². The maximum atomic E-state index is 13.7. The zero-order valence-electron chi connectivity index (χ0n) is 16.2. The third-order valence-corrected chi connectivity index (χ3v) is 4.50. The maximum absolute atomic E-state index is 13.7. The molecule has 0 saturated carbocycles. The average Bonchev–Trinajstić information content (AvgIpc) is 2.66. The van der Waals surface area contributed by atoms with E-state index in [4.69, 9.17) is 25.8 Å². The molecule has 0 heterocycles. The van der Waals surface area contributed by atoms with E-state index >= 15 is 0 Å². The first-order chi connectivity index (χ1) is 13.2. The number of hydrogen-bond donors (Lipinski definition) is 0. The molecule has 0 radical (unpaired) electrons. The lowest BCUT2D eigenvalue weighted by molar-refractivity contribution is -0.144. The van der Waals surface area contributed by atoms with Gasteiger partial charge in [0.15, 0.2) is 30.6 Å². The number of halogens is 2. The highest BCUT2D eigenvalue weighted by atomic mass is 35.5. The van der Waals surface area contributed by atoms with E-state index in [1.165, 1.54) is 19.2 Å². The molecule has 7 heteroatoms. The number of esters is 1. The summed E-state index contributed by atoms with van der Waals surface area (Å²) in [5.74, 6) is -1.18. The van der Waals surface area contributed by atoms with Crippen molar-refractivity contribution < 1.29 is 28.2 Å². The summed E-state index contributed by atoms with van der Waals surface area (Å²) >= 11 is 6.15. The fourth-order valence-corrected chi connectivity index (χ4v) is 2.67.